The van der Waals surface area contributed by atoms with Crippen molar-refractivity contribution in [1.29, 1.82) is 0 Å². The molecule has 0 spiro atoms. The summed E-state index contributed by atoms with van der Waals surface area (Å²) in [5.74, 6) is -0.561. The third-order valence-corrected chi connectivity index (χ3v) is 3.06. The lowest BCUT2D eigenvalue weighted by Crippen LogP contribution is -2.40. The van der Waals surface area contributed by atoms with Crippen LogP contribution in [0.25, 0.3) is 0 Å². The highest BCUT2D eigenvalue weighted by atomic mass is 19.4. The average Bonchev–Trinajstić information content (AvgIpc) is 2.28. The fraction of sp³-hybridized carbons (Fsp3) is 0.462. The van der Waals surface area contributed by atoms with E-state index >= 15 is 0 Å². The van der Waals surface area contributed by atoms with Crippen molar-refractivity contribution in [3.05, 3.63) is 35.9 Å². The quantitative estimate of drug-likeness (QED) is 0.758. The summed E-state index contributed by atoms with van der Waals surface area (Å²) in [6, 6.07) is 8.16. The molecule has 2 rings (SSSR count). The number of rotatable bonds is 2. The number of benzene rings is 1. The van der Waals surface area contributed by atoms with Crippen LogP contribution in [-0.4, -0.2) is 12.1 Å². The van der Waals surface area contributed by atoms with Crippen molar-refractivity contribution in [2.75, 3.05) is 0 Å². The van der Waals surface area contributed by atoms with E-state index in [1.54, 1.807) is 30.3 Å². The second-order valence-corrected chi connectivity index (χ2v) is 4.48. The van der Waals surface area contributed by atoms with E-state index in [1.807, 2.05) is 0 Å². The van der Waals surface area contributed by atoms with Gasteiger partial charge in [-0.05, 0) is 18.4 Å². The lowest BCUT2D eigenvalue weighted by atomic mass is 9.83. The number of halogens is 3. The van der Waals surface area contributed by atoms with E-state index < -0.39 is 24.2 Å². The van der Waals surface area contributed by atoms with Crippen LogP contribution in [-0.2, 0) is 15.1 Å². The molecule has 0 bridgehead atoms. The molecule has 1 unspecified atom stereocenters. The Morgan fingerprint density at radius 3 is 2.44 bits per heavy atom. The molecular weight excluding hydrogens is 245 g/mol. The van der Waals surface area contributed by atoms with E-state index in [0.29, 0.717) is 12.0 Å². The van der Waals surface area contributed by atoms with E-state index in [2.05, 4.69) is 0 Å². The fourth-order valence-electron chi connectivity index (χ4n) is 2.33. The van der Waals surface area contributed by atoms with Gasteiger partial charge in [-0.2, -0.15) is 13.2 Å². The molecule has 0 saturated carbocycles. The van der Waals surface area contributed by atoms with Crippen molar-refractivity contribution >= 4 is 5.97 Å². The molecule has 1 atom stereocenters. The molecule has 98 valence electrons. The molecule has 0 aliphatic carbocycles. The van der Waals surface area contributed by atoms with Gasteiger partial charge in [0.15, 0.2) is 0 Å². The number of alkyl halides is 3. The van der Waals surface area contributed by atoms with Gasteiger partial charge in [0, 0.05) is 6.42 Å². The normalized spacial score (nSPS) is 24.7. The Kier molecular flexibility index (Phi) is 3.32. The Morgan fingerprint density at radius 1 is 1.22 bits per heavy atom. The Bertz CT molecular complexity index is 428. The largest absolute Gasteiger partial charge is 0.454 e. The highest BCUT2D eigenvalue weighted by Gasteiger charge is 2.47. The molecule has 0 radical (unpaired) electrons. The van der Waals surface area contributed by atoms with Gasteiger partial charge in [0.25, 0.3) is 0 Å². The number of ether oxygens (including phenoxy) is 1. The van der Waals surface area contributed by atoms with Crippen LogP contribution in [0.4, 0.5) is 13.2 Å². The van der Waals surface area contributed by atoms with Crippen molar-refractivity contribution in [1.82, 2.24) is 0 Å². The van der Waals surface area contributed by atoms with Crippen molar-refractivity contribution in [2.24, 2.45) is 0 Å². The molecule has 2 nitrogen and oxygen atoms in total. The van der Waals surface area contributed by atoms with Gasteiger partial charge in [0.2, 0.25) is 0 Å². The summed E-state index contributed by atoms with van der Waals surface area (Å²) in [5.41, 5.74) is -1.13. The van der Waals surface area contributed by atoms with Crippen LogP contribution in [0.3, 0.4) is 0 Å². The molecule has 0 N–H and O–H groups in total. The third kappa shape index (κ3) is 2.83. The van der Waals surface area contributed by atoms with Crippen LogP contribution in [0.1, 0.15) is 31.2 Å². The predicted octanol–water partition coefficient (Wildman–Crippen LogP) is 3.56. The lowest BCUT2D eigenvalue weighted by Gasteiger charge is -2.37. The fourth-order valence-corrected chi connectivity index (χ4v) is 2.33. The summed E-state index contributed by atoms with van der Waals surface area (Å²) in [4.78, 5) is 11.3. The average molecular weight is 258 g/mol. The van der Waals surface area contributed by atoms with Gasteiger partial charge in [0.1, 0.15) is 5.60 Å². The molecule has 1 aliphatic rings. The third-order valence-electron chi connectivity index (χ3n) is 3.06. The van der Waals surface area contributed by atoms with Crippen molar-refractivity contribution < 1.29 is 22.7 Å². The number of esters is 1. The Hall–Kier alpha value is -1.52. The molecular formula is C13H13F3O2. The van der Waals surface area contributed by atoms with Gasteiger partial charge in [-0.1, -0.05) is 30.3 Å². The minimum atomic E-state index is -4.37. The van der Waals surface area contributed by atoms with E-state index in [4.69, 9.17) is 4.74 Å². The van der Waals surface area contributed by atoms with Crippen LogP contribution >= 0.6 is 0 Å². The van der Waals surface area contributed by atoms with Gasteiger partial charge in [-0.25, -0.2) is 0 Å². The number of carbonyl (C=O) groups is 1. The molecule has 1 aliphatic heterocycles. The molecule has 0 amide bonds. The van der Waals surface area contributed by atoms with Gasteiger partial charge >= 0.3 is 12.1 Å². The van der Waals surface area contributed by atoms with Crippen molar-refractivity contribution in [3.63, 3.8) is 0 Å². The predicted molar refractivity (Wildman–Crippen MR) is 58.7 cm³/mol. The monoisotopic (exact) mass is 258 g/mol. The summed E-state index contributed by atoms with van der Waals surface area (Å²) in [5, 5.41) is 0. The van der Waals surface area contributed by atoms with E-state index in [0.717, 1.165) is 0 Å². The van der Waals surface area contributed by atoms with E-state index in [9.17, 15) is 18.0 Å². The first-order valence-corrected chi connectivity index (χ1v) is 5.75. The van der Waals surface area contributed by atoms with Crippen LogP contribution in [0, 0.1) is 0 Å². The summed E-state index contributed by atoms with van der Waals surface area (Å²) < 4.78 is 43.2. The first-order valence-electron chi connectivity index (χ1n) is 5.75. The first kappa shape index (κ1) is 12.9. The summed E-state index contributed by atoms with van der Waals surface area (Å²) in [7, 11) is 0. The minimum absolute atomic E-state index is 0.187. The minimum Gasteiger partial charge on any atom is -0.454 e. The van der Waals surface area contributed by atoms with Gasteiger partial charge in [-0.3, -0.25) is 4.79 Å². The molecule has 5 heteroatoms. The Balaban J connectivity index is 2.36. The van der Waals surface area contributed by atoms with Crippen molar-refractivity contribution in [2.45, 2.75) is 37.5 Å². The summed E-state index contributed by atoms with van der Waals surface area (Å²) >= 11 is 0. The highest BCUT2D eigenvalue weighted by Crippen LogP contribution is 2.43. The Morgan fingerprint density at radius 2 is 1.89 bits per heavy atom. The van der Waals surface area contributed by atoms with E-state index in [-0.39, 0.29) is 12.8 Å². The maximum Gasteiger partial charge on any atom is 0.393 e. The molecule has 1 aromatic rings. The maximum atomic E-state index is 12.7. The van der Waals surface area contributed by atoms with Crippen LogP contribution < -0.4 is 0 Å². The Labute approximate surface area is 103 Å². The molecule has 0 aromatic heterocycles. The number of cyclic esters (lactones) is 1. The van der Waals surface area contributed by atoms with Crippen LogP contribution in [0.15, 0.2) is 30.3 Å². The second kappa shape index (κ2) is 4.63. The molecule has 1 fully saturated rings. The highest BCUT2D eigenvalue weighted by molar-refractivity contribution is 5.71. The number of hydrogen-bond acceptors (Lipinski definition) is 2. The standard InChI is InChI=1S/C13H13F3O2/c14-13(15,16)9-12(8-4-7-11(17)18-12)10-5-2-1-3-6-10/h1-3,5-6H,4,7-9H2. The lowest BCUT2D eigenvalue weighted by molar-refractivity contribution is -0.206. The van der Waals surface area contributed by atoms with Crippen molar-refractivity contribution in [3.8, 4) is 0 Å². The van der Waals surface area contributed by atoms with Crippen LogP contribution in [0.5, 0.6) is 0 Å². The second-order valence-electron chi connectivity index (χ2n) is 4.48. The maximum absolute atomic E-state index is 12.7. The van der Waals surface area contributed by atoms with Gasteiger partial charge in [-0.15, -0.1) is 0 Å². The van der Waals surface area contributed by atoms with Crippen LogP contribution in [0.2, 0.25) is 0 Å². The number of carbonyl (C=O) groups excluding carboxylic acids is 1. The smallest absolute Gasteiger partial charge is 0.393 e. The molecule has 1 aromatic carbocycles. The summed E-state index contributed by atoms with van der Waals surface area (Å²) in [6.45, 7) is 0. The topological polar surface area (TPSA) is 26.3 Å². The zero-order chi connectivity index (χ0) is 13.2. The van der Waals surface area contributed by atoms with Gasteiger partial charge in [0.05, 0.1) is 6.42 Å². The number of hydrogen-bond donors (Lipinski definition) is 0. The van der Waals surface area contributed by atoms with Gasteiger partial charge < -0.3 is 4.74 Å². The first-order chi connectivity index (χ1) is 8.41. The molecule has 18 heavy (non-hydrogen) atoms. The molecule has 1 heterocycles. The van der Waals surface area contributed by atoms with E-state index in [1.165, 1.54) is 0 Å². The SMILES string of the molecule is O=C1CCCC(CC(F)(F)F)(c2ccccc2)O1. The molecule has 1 saturated heterocycles. The zero-order valence-corrected chi connectivity index (χ0v) is 9.67. The summed E-state index contributed by atoms with van der Waals surface area (Å²) in [6.07, 6.45) is -4.68. The zero-order valence-electron chi connectivity index (χ0n) is 9.67.